The fraction of sp³-hybridized carbons (Fsp3) is 0.850. The first-order valence-corrected chi connectivity index (χ1v) is 9.80. The first-order chi connectivity index (χ1) is 11.0. The quantitative estimate of drug-likeness (QED) is 0.633. The Morgan fingerprint density at radius 3 is 2.70 bits per heavy atom. The third-order valence-electron chi connectivity index (χ3n) is 8.22. The van der Waals surface area contributed by atoms with Gasteiger partial charge in [0.05, 0.1) is 0 Å². The van der Waals surface area contributed by atoms with Crippen LogP contribution in [0.5, 0.6) is 0 Å². The Morgan fingerprint density at radius 2 is 1.91 bits per heavy atom. The molecule has 3 aliphatic carbocycles. The van der Waals surface area contributed by atoms with Crippen molar-refractivity contribution in [2.24, 2.45) is 34.5 Å². The molecule has 3 fully saturated rings. The second-order valence-electron chi connectivity index (χ2n) is 8.93. The summed E-state index contributed by atoms with van der Waals surface area (Å²) in [5, 5.41) is 0.882. The standard InChI is InChI=1S/C20H29ClO2/c1-19-8-10-23-9-6-14(19)3-4-15-16(19)5-7-20(2)17(15)11-13(12-22)18(20)21/h12,14-17H,3-11H2,1-2H3. The maximum Gasteiger partial charge on any atom is 0.147 e. The number of allylic oxidation sites excluding steroid dienone is 2. The number of fused-ring (bicyclic) bond motifs is 5. The van der Waals surface area contributed by atoms with E-state index in [1.54, 1.807) is 0 Å². The summed E-state index contributed by atoms with van der Waals surface area (Å²) in [6.07, 6.45) is 9.46. The SMILES string of the molecule is CC12CCC3C(CCC4CCOCCC43C)C1CC(C=O)=C2Cl. The number of aldehydes is 1. The average molecular weight is 337 g/mol. The summed E-state index contributed by atoms with van der Waals surface area (Å²) in [6, 6.07) is 0. The molecule has 0 amide bonds. The van der Waals surface area contributed by atoms with Crippen LogP contribution in [0.1, 0.15) is 58.8 Å². The highest BCUT2D eigenvalue weighted by Crippen LogP contribution is 2.66. The highest BCUT2D eigenvalue weighted by Gasteiger charge is 2.58. The minimum atomic E-state index is 0.0589. The first-order valence-electron chi connectivity index (χ1n) is 9.43. The van der Waals surface area contributed by atoms with Gasteiger partial charge < -0.3 is 4.74 Å². The molecule has 128 valence electrons. The highest BCUT2D eigenvalue weighted by molar-refractivity contribution is 6.32. The Balaban J connectivity index is 1.66. The average Bonchev–Trinajstić information content (AvgIpc) is 2.69. The number of hydrogen-bond donors (Lipinski definition) is 0. The largest absolute Gasteiger partial charge is 0.381 e. The van der Waals surface area contributed by atoms with Gasteiger partial charge in [-0.05, 0) is 74.0 Å². The number of halogens is 1. The van der Waals surface area contributed by atoms with Crippen molar-refractivity contribution in [3.05, 3.63) is 10.6 Å². The van der Waals surface area contributed by atoms with Crippen LogP contribution in [-0.4, -0.2) is 19.5 Å². The van der Waals surface area contributed by atoms with Crippen LogP contribution in [0.2, 0.25) is 0 Å². The molecule has 0 radical (unpaired) electrons. The molecule has 1 aliphatic heterocycles. The van der Waals surface area contributed by atoms with Crippen LogP contribution in [0, 0.1) is 34.5 Å². The van der Waals surface area contributed by atoms with E-state index in [1.165, 1.54) is 32.1 Å². The summed E-state index contributed by atoms with van der Waals surface area (Å²) in [7, 11) is 0. The fourth-order valence-electron chi connectivity index (χ4n) is 6.78. The number of rotatable bonds is 1. The minimum absolute atomic E-state index is 0.0589. The van der Waals surface area contributed by atoms with Crippen molar-refractivity contribution in [3.8, 4) is 0 Å². The zero-order valence-corrected chi connectivity index (χ0v) is 15.2. The second kappa shape index (κ2) is 5.59. The Bertz CT molecular complexity index is 542. The van der Waals surface area contributed by atoms with Crippen LogP contribution in [0.4, 0.5) is 0 Å². The molecule has 0 N–H and O–H groups in total. The summed E-state index contributed by atoms with van der Waals surface area (Å²) in [5.74, 6) is 2.93. The van der Waals surface area contributed by atoms with Gasteiger partial charge in [-0.25, -0.2) is 0 Å². The van der Waals surface area contributed by atoms with Crippen LogP contribution in [0.15, 0.2) is 10.6 Å². The Hall–Kier alpha value is -0.340. The molecule has 1 heterocycles. The summed E-state index contributed by atoms with van der Waals surface area (Å²) in [6.45, 7) is 6.73. The lowest BCUT2D eigenvalue weighted by molar-refractivity contribution is -0.105. The van der Waals surface area contributed by atoms with Crippen molar-refractivity contribution in [1.82, 2.24) is 0 Å². The highest BCUT2D eigenvalue weighted by atomic mass is 35.5. The van der Waals surface area contributed by atoms with Gasteiger partial charge in [-0.1, -0.05) is 25.4 Å². The van der Waals surface area contributed by atoms with Gasteiger partial charge in [-0.3, -0.25) is 4.79 Å². The summed E-state index contributed by atoms with van der Waals surface area (Å²) < 4.78 is 5.81. The van der Waals surface area contributed by atoms with E-state index in [-0.39, 0.29) is 5.41 Å². The van der Waals surface area contributed by atoms with Gasteiger partial charge in [0, 0.05) is 29.2 Å². The summed E-state index contributed by atoms with van der Waals surface area (Å²) in [4.78, 5) is 11.4. The van der Waals surface area contributed by atoms with E-state index in [0.29, 0.717) is 11.3 Å². The number of hydrogen-bond acceptors (Lipinski definition) is 2. The molecular weight excluding hydrogens is 308 g/mol. The van der Waals surface area contributed by atoms with Crippen LogP contribution in [-0.2, 0) is 9.53 Å². The maximum absolute atomic E-state index is 11.4. The molecule has 1 saturated heterocycles. The molecule has 0 aromatic carbocycles. The molecule has 0 bridgehead atoms. The zero-order chi connectivity index (χ0) is 16.2. The first kappa shape index (κ1) is 16.1. The molecule has 4 rings (SSSR count). The molecule has 4 aliphatic rings. The van der Waals surface area contributed by atoms with Crippen LogP contribution >= 0.6 is 11.6 Å². The van der Waals surface area contributed by atoms with Gasteiger partial charge in [-0.2, -0.15) is 0 Å². The summed E-state index contributed by atoms with van der Waals surface area (Å²) >= 11 is 6.65. The van der Waals surface area contributed by atoms with Gasteiger partial charge in [0.2, 0.25) is 0 Å². The smallest absolute Gasteiger partial charge is 0.147 e. The molecule has 23 heavy (non-hydrogen) atoms. The van der Waals surface area contributed by atoms with Gasteiger partial charge in [0.15, 0.2) is 0 Å². The van der Waals surface area contributed by atoms with Crippen molar-refractivity contribution in [3.63, 3.8) is 0 Å². The number of ether oxygens (including phenoxy) is 1. The van der Waals surface area contributed by atoms with Crippen LogP contribution < -0.4 is 0 Å². The summed E-state index contributed by atoms with van der Waals surface area (Å²) in [5.41, 5.74) is 1.37. The molecular formula is C20H29ClO2. The zero-order valence-electron chi connectivity index (χ0n) is 14.4. The normalized spacial score (nSPS) is 49.9. The molecule has 2 saturated carbocycles. The van der Waals surface area contributed by atoms with Crippen molar-refractivity contribution in [2.75, 3.05) is 13.2 Å². The van der Waals surface area contributed by atoms with E-state index in [4.69, 9.17) is 16.3 Å². The van der Waals surface area contributed by atoms with Crippen LogP contribution in [0.3, 0.4) is 0 Å². The van der Waals surface area contributed by atoms with Gasteiger partial charge in [0.1, 0.15) is 6.29 Å². The Labute approximate surface area is 145 Å². The molecule has 0 aromatic heterocycles. The molecule has 0 aromatic rings. The predicted molar refractivity (Wildman–Crippen MR) is 92.3 cm³/mol. The Kier molecular flexibility index (Phi) is 3.93. The predicted octanol–water partition coefficient (Wildman–Crippen LogP) is 4.96. The fourth-order valence-corrected chi connectivity index (χ4v) is 7.14. The van der Waals surface area contributed by atoms with Crippen molar-refractivity contribution in [1.29, 1.82) is 0 Å². The van der Waals surface area contributed by atoms with Gasteiger partial charge in [0.25, 0.3) is 0 Å². The molecule has 0 spiro atoms. The lowest BCUT2D eigenvalue weighted by Crippen LogP contribution is -2.51. The molecule has 3 heteroatoms. The van der Waals surface area contributed by atoms with Crippen LogP contribution in [0.25, 0.3) is 0 Å². The van der Waals surface area contributed by atoms with E-state index in [1.807, 2.05) is 0 Å². The molecule has 2 nitrogen and oxygen atoms in total. The Morgan fingerprint density at radius 1 is 1.09 bits per heavy atom. The second-order valence-corrected chi connectivity index (χ2v) is 9.30. The monoisotopic (exact) mass is 336 g/mol. The van der Waals surface area contributed by atoms with Crippen molar-refractivity contribution >= 4 is 17.9 Å². The maximum atomic E-state index is 11.4. The third-order valence-corrected chi connectivity index (χ3v) is 8.89. The van der Waals surface area contributed by atoms with Crippen molar-refractivity contribution < 1.29 is 9.53 Å². The number of carbonyl (C=O) groups is 1. The topological polar surface area (TPSA) is 26.3 Å². The van der Waals surface area contributed by atoms with E-state index >= 15 is 0 Å². The van der Waals surface area contributed by atoms with E-state index in [9.17, 15) is 4.79 Å². The lowest BCUT2D eigenvalue weighted by atomic mass is 9.47. The third kappa shape index (κ3) is 2.20. The lowest BCUT2D eigenvalue weighted by Gasteiger charge is -2.58. The molecule has 6 unspecified atom stereocenters. The van der Waals surface area contributed by atoms with Gasteiger partial charge >= 0.3 is 0 Å². The van der Waals surface area contributed by atoms with Gasteiger partial charge in [-0.15, -0.1) is 0 Å². The van der Waals surface area contributed by atoms with E-state index in [0.717, 1.165) is 60.7 Å². The van der Waals surface area contributed by atoms with Crippen molar-refractivity contribution in [2.45, 2.75) is 58.8 Å². The number of carbonyl (C=O) groups excluding carboxylic acids is 1. The van der Waals surface area contributed by atoms with E-state index < -0.39 is 0 Å². The molecule has 6 atom stereocenters. The van der Waals surface area contributed by atoms with E-state index in [2.05, 4.69) is 13.8 Å². The minimum Gasteiger partial charge on any atom is -0.381 e.